The smallest absolute Gasteiger partial charge is 0.168 e. The molecular formula is C14H21NO2. The van der Waals surface area contributed by atoms with Gasteiger partial charge in [-0.15, -0.1) is 0 Å². The zero-order chi connectivity index (χ0) is 11.7. The lowest BCUT2D eigenvalue weighted by molar-refractivity contribution is -0.191. The fraction of sp³-hybridized carbons (Fsp3) is 0.929. The highest BCUT2D eigenvalue weighted by Gasteiger charge is 2.44. The van der Waals surface area contributed by atoms with Gasteiger partial charge in [0.1, 0.15) is 0 Å². The van der Waals surface area contributed by atoms with Crippen LogP contribution in [0.2, 0.25) is 0 Å². The van der Waals surface area contributed by atoms with Gasteiger partial charge in [0.15, 0.2) is 5.79 Å². The van der Waals surface area contributed by atoms with Gasteiger partial charge in [0.25, 0.3) is 0 Å². The van der Waals surface area contributed by atoms with Crippen LogP contribution in [0.25, 0.3) is 0 Å². The van der Waals surface area contributed by atoms with Gasteiger partial charge in [0, 0.05) is 18.8 Å². The summed E-state index contributed by atoms with van der Waals surface area (Å²) in [6.07, 6.45) is 9.35. The molecule has 1 aliphatic heterocycles. The maximum absolute atomic E-state index is 8.90. The van der Waals surface area contributed by atoms with Crippen LogP contribution in [0, 0.1) is 23.2 Å². The van der Waals surface area contributed by atoms with Crippen LogP contribution >= 0.6 is 0 Å². The molecule has 3 aliphatic rings. The van der Waals surface area contributed by atoms with Gasteiger partial charge in [0.2, 0.25) is 0 Å². The van der Waals surface area contributed by atoms with Crippen molar-refractivity contribution >= 4 is 0 Å². The molecule has 0 aromatic rings. The Bertz CT molecular complexity index is 311. The van der Waals surface area contributed by atoms with Gasteiger partial charge in [0.05, 0.1) is 18.8 Å². The van der Waals surface area contributed by atoms with Crippen molar-refractivity contribution in [1.82, 2.24) is 0 Å². The topological polar surface area (TPSA) is 42.2 Å². The van der Waals surface area contributed by atoms with Gasteiger partial charge in [-0.2, -0.15) is 5.26 Å². The number of hydrogen-bond acceptors (Lipinski definition) is 3. The van der Waals surface area contributed by atoms with E-state index < -0.39 is 0 Å². The zero-order valence-electron chi connectivity index (χ0n) is 10.4. The van der Waals surface area contributed by atoms with Crippen LogP contribution in [0.5, 0.6) is 0 Å². The summed E-state index contributed by atoms with van der Waals surface area (Å²) in [7, 11) is 0. The third-order valence-corrected chi connectivity index (χ3v) is 4.66. The summed E-state index contributed by atoms with van der Waals surface area (Å²) in [5.41, 5.74) is 0. The highest BCUT2D eigenvalue weighted by Crippen LogP contribution is 2.42. The Hall–Kier alpha value is -0.590. The average Bonchev–Trinajstić information content (AvgIpc) is 2.69. The summed E-state index contributed by atoms with van der Waals surface area (Å²) in [4.78, 5) is 0. The quantitative estimate of drug-likeness (QED) is 0.739. The molecule has 1 unspecified atom stereocenters. The predicted octanol–water partition coefficient (Wildman–Crippen LogP) is 3.00. The summed E-state index contributed by atoms with van der Waals surface area (Å²) in [5, 5.41) is 8.90. The third-order valence-electron chi connectivity index (χ3n) is 4.66. The second kappa shape index (κ2) is 4.59. The van der Waals surface area contributed by atoms with Gasteiger partial charge >= 0.3 is 0 Å². The molecule has 0 aromatic carbocycles. The van der Waals surface area contributed by atoms with Crippen molar-refractivity contribution in [2.45, 2.75) is 63.3 Å². The standard InChI is InChI=1S/C14H21NO2/c15-9-12-4-6-14(7-5-12)16-10-13(17-14)8-11-2-1-3-11/h11-13H,1-8,10H2. The minimum atomic E-state index is -0.318. The molecule has 1 spiro atoms. The largest absolute Gasteiger partial charge is 0.347 e. The Morgan fingerprint density at radius 2 is 1.94 bits per heavy atom. The predicted molar refractivity (Wildman–Crippen MR) is 63.1 cm³/mol. The lowest BCUT2D eigenvalue weighted by Gasteiger charge is -2.34. The first-order chi connectivity index (χ1) is 8.30. The van der Waals surface area contributed by atoms with E-state index in [1.54, 1.807) is 0 Å². The first-order valence-corrected chi connectivity index (χ1v) is 7.01. The van der Waals surface area contributed by atoms with Crippen LogP contribution in [0.4, 0.5) is 0 Å². The lowest BCUT2D eigenvalue weighted by atomic mass is 9.81. The molecule has 0 aromatic heterocycles. The lowest BCUT2D eigenvalue weighted by Crippen LogP contribution is -2.36. The van der Waals surface area contributed by atoms with E-state index in [2.05, 4.69) is 6.07 Å². The van der Waals surface area contributed by atoms with Crippen molar-refractivity contribution in [1.29, 1.82) is 5.26 Å². The highest BCUT2D eigenvalue weighted by molar-refractivity contribution is 4.93. The molecule has 3 heteroatoms. The van der Waals surface area contributed by atoms with Crippen molar-refractivity contribution in [2.24, 2.45) is 11.8 Å². The van der Waals surface area contributed by atoms with Crippen LogP contribution in [0.3, 0.4) is 0 Å². The van der Waals surface area contributed by atoms with E-state index in [-0.39, 0.29) is 11.7 Å². The van der Waals surface area contributed by atoms with Gasteiger partial charge in [-0.3, -0.25) is 0 Å². The molecule has 2 saturated carbocycles. The molecule has 2 aliphatic carbocycles. The Morgan fingerprint density at radius 3 is 2.53 bits per heavy atom. The molecule has 0 amide bonds. The van der Waals surface area contributed by atoms with Crippen LogP contribution in [-0.2, 0) is 9.47 Å². The Balaban J connectivity index is 1.51. The van der Waals surface area contributed by atoms with Crippen LogP contribution in [-0.4, -0.2) is 18.5 Å². The summed E-state index contributed by atoms with van der Waals surface area (Å²) in [6.45, 7) is 0.772. The number of rotatable bonds is 2. The second-order valence-electron chi connectivity index (χ2n) is 5.90. The molecule has 3 nitrogen and oxygen atoms in total. The zero-order valence-corrected chi connectivity index (χ0v) is 10.4. The number of hydrogen-bond donors (Lipinski definition) is 0. The van der Waals surface area contributed by atoms with Crippen molar-refractivity contribution < 1.29 is 9.47 Å². The minimum absolute atomic E-state index is 0.221. The first-order valence-electron chi connectivity index (χ1n) is 7.01. The van der Waals surface area contributed by atoms with E-state index in [4.69, 9.17) is 14.7 Å². The van der Waals surface area contributed by atoms with E-state index in [9.17, 15) is 0 Å². The fourth-order valence-corrected chi connectivity index (χ4v) is 3.28. The number of nitrogens with zero attached hydrogens (tertiary/aromatic N) is 1. The average molecular weight is 235 g/mol. The molecule has 17 heavy (non-hydrogen) atoms. The molecule has 0 bridgehead atoms. The fourth-order valence-electron chi connectivity index (χ4n) is 3.28. The highest BCUT2D eigenvalue weighted by atomic mass is 16.7. The molecule has 3 rings (SSSR count). The Morgan fingerprint density at radius 1 is 1.18 bits per heavy atom. The SMILES string of the molecule is N#CC1CCC2(CC1)OCC(CC1CCC1)O2. The molecule has 3 fully saturated rings. The third kappa shape index (κ3) is 2.34. The van der Waals surface area contributed by atoms with Crippen LogP contribution in [0.1, 0.15) is 51.4 Å². The minimum Gasteiger partial charge on any atom is -0.347 e. The van der Waals surface area contributed by atoms with Gasteiger partial charge in [-0.25, -0.2) is 0 Å². The molecule has 94 valence electrons. The first kappa shape index (κ1) is 11.5. The summed E-state index contributed by atoms with van der Waals surface area (Å²) in [5.74, 6) is 0.787. The van der Waals surface area contributed by atoms with Gasteiger partial charge < -0.3 is 9.47 Å². The summed E-state index contributed by atoms with van der Waals surface area (Å²) < 4.78 is 12.1. The molecule has 0 N–H and O–H groups in total. The number of nitriles is 1. The normalized spacial score (nSPS) is 42.3. The van der Waals surface area contributed by atoms with Gasteiger partial charge in [-0.1, -0.05) is 19.3 Å². The van der Waals surface area contributed by atoms with Crippen LogP contribution < -0.4 is 0 Å². The van der Waals surface area contributed by atoms with E-state index in [1.165, 1.54) is 25.7 Å². The van der Waals surface area contributed by atoms with Crippen molar-refractivity contribution in [3.05, 3.63) is 0 Å². The van der Waals surface area contributed by atoms with E-state index in [1.807, 2.05) is 0 Å². The summed E-state index contributed by atoms with van der Waals surface area (Å²) in [6, 6.07) is 2.36. The van der Waals surface area contributed by atoms with Crippen molar-refractivity contribution in [3.63, 3.8) is 0 Å². The van der Waals surface area contributed by atoms with Crippen molar-refractivity contribution in [3.8, 4) is 6.07 Å². The van der Waals surface area contributed by atoms with E-state index in [0.29, 0.717) is 6.10 Å². The van der Waals surface area contributed by atoms with E-state index >= 15 is 0 Å². The molecular weight excluding hydrogens is 214 g/mol. The monoisotopic (exact) mass is 235 g/mol. The molecule has 1 saturated heterocycles. The van der Waals surface area contributed by atoms with Crippen LogP contribution in [0.15, 0.2) is 0 Å². The van der Waals surface area contributed by atoms with E-state index in [0.717, 1.165) is 38.2 Å². The molecule has 0 radical (unpaired) electrons. The molecule has 1 heterocycles. The second-order valence-corrected chi connectivity index (χ2v) is 5.90. The maximum atomic E-state index is 8.90. The number of ether oxygens (including phenoxy) is 2. The van der Waals surface area contributed by atoms with Crippen molar-refractivity contribution in [2.75, 3.05) is 6.61 Å². The summed E-state index contributed by atoms with van der Waals surface area (Å²) >= 11 is 0. The van der Waals surface area contributed by atoms with Gasteiger partial charge in [-0.05, 0) is 25.2 Å². The Labute approximate surface area is 103 Å². The Kier molecular flexibility index (Phi) is 3.10. The maximum Gasteiger partial charge on any atom is 0.168 e. The molecule has 1 atom stereocenters.